The molecule has 1 N–H and O–H groups in total. The number of hydrogen-bond acceptors (Lipinski definition) is 6. The van der Waals surface area contributed by atoms with Crippen molar-refractivity contribution in [3.8, 4) is 0 Å². The summed E-state index contributed by atoms with van der Waals surface area (Å²) in [5.41, 5.74) is 2.84. The lowest BCUT2D eigenvalue weighted by atomic mass is 10.1. The highest BCUT2D eigenvalue weighted by Crippen LogP contribution is 2.32. The summed E-state index contributed by atoms with van der Waals surface area (Å²) >= 11 is 0. The molecule has 9 heteroatoms. The highest BCUT2D eigenvalue weighted by molar-refractivity contribution is 6.01. The number of aryl methyl sites for hydroxylation is 2. The first-order valence-electron chi connectivity index (χ1n) is 11.5. The topological polar surface area (TPSA) is 106 Å². The minimum absolute atomic E-state index is 0.115. The molecule has 0 aliphatic heterocycles. The van der Waals surface area contributed by atoms with Crippen molar-refractivity contribution in [2.24, 2.45) is 0 Å². The maximum atomic E-state index is 14.0. The minimum atomic E-state index is -1.06. The highest BCUT2D eigenvalue weighted by Gasteiger charge is 2.36. The fourth-order valence-corrected chi connectivity index (χ4v) is 4.15. The van der Waals surface area contributed by atoms with Crippen molar-refractivity contribution in [1.29, 1.82) is 0 Å². The van der Waals surface area contributed by atoms with Gasteiger partial charge in [-0.3, -0.25) is 14.5 Å². The van der Waals surface area contributed by atoms with Gasteiger partial charge in [0, 0.05) is 5.69 Å². The zero-order chi connectivity index (χ0) is 25.1. The molecule has 0 fully saturated rings. The van der Waals surface area contributed by atoms with E-state index in [1.807, 2.05) is 55.5 Å². The SMILES string of the molecule is Cc1ccc(C(C(=O)NCc2ccco2)N(C(=O)Cn2nnc3ccccc32)c2ccccc2C)o1. The number of nitrogens with one attached hydrogen (secondary N) is 1. The molecule has 0 radical (unpaired) electrons. The summed E-state index contributed by atoms with van der Waals surface area (Å²) in [5.74, 6) is 0.839. The zero-order valence-electron chi connectivity index (χ0n) is 19.9. The quantitative estimate of drug-likeness (QED) is 0.352. The fourth-order valence-electron chi connectivity index (χ4n) is 4.15. The average Bonchev–Trinajstić information content (AvgIpc) is 3.64. The number of furan rings is 2. The third-order valence-corrected chi connectivity index (χ3v) is 5.90. The van der Waals surface area contributed by atoms with E-state index in [1.165, 1.54) is 9.58 Å². The van der Waals surface area contributed by atoms with E-state index in [2.05, 4.69) is 15.6 Å². The molecule has 0 aliphatic rings. The lowest BCUT2D eigenvalue weighted by molar-refractivity contribution is -0.127. The van der Waals surface area contributed by atoms with E-state index >= 15 is 0 Å². The summed E-state index contributed by atoms with van der Waals surface area (Å²) in [6, 6.07) is 20.8. The molecule has 2 aromatic carbocycles. The number of nitrogens with zero attached hydrogens (tertiary/aromatic N) is 4. The number of anilines is 1. The van der Waals surface area contributed by atoms with Gasteiger partial charge in [0.05, 0.1) is 18.3 Å². The first-order chi connectivity index (χ1) is 17.5. The van der Waals surface area contributed by atoms with Gasteiger partial charge in [-0.2, -0.15) is 0 Å². The first kappa shape index (κ1) is 23.1. The van der Waals surface area contributed by atoms with Crippen LogP contribution in [-0.2, 0) is 22.7 Å². The molecule has 9 nitrogen and oxygen atoms in total. The summed E-state index contributed by atoms with van der Waals surface area (Å²) in [5, 5.41) is 11.2. The van der Waals surface area contributed by atoms with E-state index in [0.29, 0.717) is 28.5 Å². The second-order valence-corrected chi connectivity index (χ2v) is 8.43. The van der Waals surface area contributed by atoms with Crippen molar-refractivity contribution >= 4 is 28.5 Å². The largest absolute Gasteiger partial charge is 0.467 e. The molecule has 1 unspecified atom stereocenters. The zero-order valence-corrected chi connectivity index (χ0v) is 19.9. The molecule has 5 rings (SSSR count). The molecular formula is C27H25N5O4. The van der Waals surface area contributed by atoms with Crippen molar-refractivity contribution in [1.82, 2.24) is 20.3 Å². The molecule has 1 atom stereocenters. The summed E-state index contributed by atoms with van der Waals surface area (Å²) in [7, 11) is 0. The van der Waals surface area contributed by atoms with Gasteiger partial charge in [0.25, 0.3) is 5.91 Å². The van der Waals surface area contributed by atoms with Crippen LogP contribution in [0.3, 0.4) is 0 Å². The lowest BCUT2D eigenvalue weighted by Gasteiger charge is -2.31. The molecule has 0 saturated carbocycles. The number of fused-ring (bicyclic) bond motifs is 1. The Hall–Kier alpha value is -4.66. The molecule has 2 amide bonds. The maximum absolute atomic E-state index is 14.0. The fraction of sp³-hybridized carbons (Fsp3) is 0.185. The summed E-state index contributed by atoms with van der Waals surface area (Å²) in [6.07, 6.45) is 1.54. The Morgan fingerprint density at radius 2 is 1.81 bits per heavy atom. The molecule has 3 aromatic heterocycles. The molecule has 182 valence electrons. The van der Waals surface area contributed by atoms with Crippen LogP contribution in [0.1, 0.15) is 28.9 Å². The number of amides is 2. The Labute approximate surface area is 207 Å². The van der Waals surface area contributed by atoms with E-state index in [4.69, 9.17) is 8.83 Å². The Balaban J connectivity index is 1.55. The van der Waals surface area contributed by atoms with Gasteiger partial charge < -0.3 is 14.2 Å². The van der Waals surface area contributed by atoms with E-state index in [9.17, 15) is 9.59 Å². The third-order valence-electron chi connectivity index (χ3n) is 5.90. The van der Waals surface area contributed by atoms with Crippen LogP contribution in [0, 0.1) is 13.8 Å². The third kappa shape index (κ3) is 4.63. The second kappa shape index (κ2) is 9.91. The van der Waals surface area contributed by atoms with Crippen LogP contribution in [0.15, 0.2) is 87.9 Å². The average molecular weight is 484 g/mol. The predicted molar refractivity (Wildman–Crippen MR) is 133 cm³/mol. The van der Waals surface area contributed by atoms with Crippen LogP contribution >= 0.6 is 0 Å². The highest BCUT2D eigenvalue weighted by atomic mass is 16.3. The Morgan fingerprint density at radius 3 is 2.56 bits per heavy atom. The van der Waals surface area contributed by atoms with Gasteiger partial charge in [-0.1, -0.05) is 35.5 Å². The predicted octanol–water partition coefficient (Wildman–Crippen LogP) is 4.33. The molecule has 0 bridgehead atoms. The van der Waals surface area contributed by atoms with E-state index in [1.54, 1.807) is 37.5 Å². The van der Waals surface area contributed by atoms with Crippen molar-refractivity contribution in [3.05, 3.63) is 102 Å². The molecular weight excluding hydrogens is 458 g/mol. The van der Waals surface area contributed by atoms with Crippen LogP contribution in [0.4, 0.5) is 5.69 Å². The minimum Gasteiger partial charge on any atom is -0.467 e. The van der Waals surface area contributed by atoms with Gasteiger partial charge in [-0.15, -0.1) is 5.10 Å². The monoisotopic (exact) mass is 483 g/mol. The summed E-state index contributed by atoms with van der Waals surface area (Å²) in [6.45, 7) is 3.75. The normalized spacial score (nSPS) is 11.9. The number of hydrogen-bond donors (Lipinski definition) is 1. The second-order valence-electron chi connectivity index (χ2n) is 8.43. The van der Waals surface area contributed by atoms with E-state index < -0.39 is 11.9 Å². The summed E-state index contributed by atoms with van der Waals surface area (Å²) < 4.78 is 12.8. The smallest absolute Gasteiger partial charge is 0.251 e. The van der Waals surface area contributed by atoms with Gasteiger partial charge >= 0.3 is 0 Å². The number of carbonyl (C=O) groups excluding carboxylic acids is 2. The van der Waals surface area contributed by atoms with Gasteiger partial charge in [-0.25, -0.2) is 4.68 Å². The number of para-hydroxylation sites is 2. The summed E-state index contributed by atoms with van der Waals surface area (Å²) in [4.78, 5) is 29.1. The van der Waals surface area contributed by atoms with Crippen LogP contribution in [0.2, 0.25) is 0 Å². The number of rotatable bonds is 8. The molecule has 36 heavy (non-hydrogen) atoms. The molecule has 0 aliphatic carbocycles. The van der Waals surface area contributed by atoms with Crippen LogP contribution in [0.25, 0.3) is 11.0 Å². The molecule has 5 aromatic rings. The molecule has 0 saturated heterocycles. The van der Waals surface area contributed by atoms with Gasteiger partial charge in [0.15, 0.2) is 6.04 Å². The van der Waals surface area contributed by atoms with E-state index in [0.717, 1.165) is 11.1 Å². The van der Waals surface area contributed by atoms with Gasteiger partial charge in [0.1, 0.15) is 29.3 Å². The van der Waals surface area contributed by atoms with Crippen molar-refractivity contribution < 1.29 is 18.4 Å². The van der Waals surface area contributed by atoms with Gasteiger partial charge in [-0.05, 0) is 61.9 Å². The first-order valence-corrected chi connectivity index (χ1v) is 11.5. The van der Waals surface area contributed by atoms with Crippen molar-refractivity contribution in [2.45, 2.75) is 33.0 Å². The number of aromatic nitrogens is 3. The Bertz CT molecular complexity index is 1500. The van der Waals surface area contributed by atoms with Crippen LogP contribution in [-0.4, -0.2) is 26.8 Å². The number of benzene rings is 2. The maximum Gasteiger partial charge on any atom is 0.251 e. The molecule has 0 spiro atoms. The van der Waals surface area contributed by atoms with E-state index in [-0.39, 0.29) is 19.0 Å². The van der Waals surface area contributed by atoms with Gasteiger partial charge in [0.2, 0.25) is 5.91 Å². The standard InChI is InChI=1S/C27H25N5O4/c1-18-8-3-5-11-22(18)32(25(33)17-31-23-12-6-4-10-21(23)29-30-31)26(24-14-13-19(2)36-24)27(34)28-16-20-9-7-15-35-20/h3-15,26H,16-17H2,1-2H3,(H,28,34). The lowest BCUT2D eigenvalue weighted by Crippen LogP contribution is -2.45. The number of carbonyl (C=O) groups is 2. The van der Waals surface area contributed by atoms with Crippen LogP contribution < -0.4 is 10.2 Å². The Kier molecular flexibility index (Phi) is 6.36. The van der Waals surface area contributed by atoms with Crippen molar-refractivity contribution in [3.63, 3.8) is 0 Å². The Morgan fingerprint density at radius 1 is 1.00 bits per heavy atom. The molecule has 3 heterocycles. The van der Waals surface area contributed by atoms with Crippen LogP contribution in [0.5, 0.6) is 0 Å². The van der Waals surface area contributed by atoms with Crippen molar-refractivity contribution in [2.75, 3.05) is 4.90 Å².